The second kappa shape index (κ2) is 5.20. The summed E-state index contributed by atoms with van der Waals surface area (Å²) in [5.41, 5.74) is 3.60. The summed E-state index contributed by atoms with van der Waals surface area (Å²) in [5.74, 6) is 4.92. The number of nitrogens with two attached hydrogens (primary N) is 1. The van der Waals surface area contributed by atoms with Crippen LogP contribution < -0.4 is 11.3 Å². The molecular formula is C14H16FN3O2. The molecule has 20 heavy (non-hydrogen) atoms. The zero-order valence-electron chi connectivity index (χ0n) is 10.9. The molecule has 1 aliphatic rings. The molecule has 2 aromatic rings. The number of hydrazine groups is 1. The van der Waals surface area contributed by atoms with E-state index in [2.05, 4.69) is 10.6 Å². The van der Waals surface area contributed by atoms with Crippen molar-refractivity contribution >= 4 is 16.9 Å². The van der Waals surface area contributed by atoms with E-state index in [1.165, 1.54) is 12.1 Å². The Hall–Kier alpha value is -1.95. The number of hydrogen-bond donors (Lipinski definition) is 2. The van der Waals surface area contributed by atoms with Gasteiger partial charge in [0.05, 0.1) is 5.69 Å². The number of carbonyl (C=O) groups excluding carboxylic acids is 1. The molecule has 0 unspecified atom stereocenters. The first-order valence-electron chi connectivity index (χ1n) is 6.74. The van der Waals surface area contributed by atoms with Crippen molar-refractivity contribution in [3.8, 4) is 0 Å². The largest absolute Gasteiger partial charge is 0.356 e. The maximum atomic E-state index is 13.3. The number of benzene rings is 1. The molecule has 0 aliphatic heterocycles. The third-order valence-corrected chi connectivity index (χ3v) is 4.09. The Bertz CT molecular complexity index is 632. The molecule has 0 bridgehead atoms. The van der Waals surface area contributed by atoms with Gasteiger partial charge in [-0.3, -0.25) is 10.2 Å². The predicted molar refractivity (Wildman–Crippen MR) is 71.0 cm³/mol. The highest BCUT2D eigenvalue weighted by Gasteiger charge is 2.29. The molecule has 1 heterocycles. The number of aromatic nitrogens is 1. The van der Waals surface area contributed by atoms with Crippen molar-refractivity contribution in [1.29, 1.82) is 0 Å². The quantitative estimate of drug-likeness (QED) is 0.501. The Morgan fingerprint density at radius 2 is 2.10 bits per heavy atom. The molecule has 1 amide bonds. The molecule has 1 saturated carbocycles. The van der Waals surface area contributed by atoms with Gasteiger partial charge in [-0.2, -0.15) is 0 Å². The zero-order valence-corrected chi connectivity index (χ0v) is 10.9. The lowest BCUT2D eigenvalue weighted by Gasteiger charge is -2.26. The van der Waals surface area contributed by atoms with Gasteiger partial charge in [0.15, 0.2) is 5.58 Å². The Morgan fingerprint density at radius 1 is 1.35 bits per heavy atom. The van der Waals surface area contributed by atoms with E-state index < -0.39 is 0 Å². The number of hydrogen-bond acceptors (Lipinski definition) is 4. The minimum absolute atomic E-state index is 0.0360. The minimum Gasteiger partial charge on any atom is -0.356 e. The Balaban J connectivity index is 1.80. The molecule has 106 valence electrons. The molecule has 0 radical (unpaired) electrons. The van der Waals surface area contributed by atoms with Crippen LogP contribution >= 0.6 is 0 Å². The first-order valence-corrected chi connectivity index (χ1v) is 6.74. The van der Waals surface area contributed by atoms with Crippen LogP contribution in [0.25, 0.3) is 11.0 Å². The van der Waals surface area contributed by atoms with E-state index in [1.54, 1.807) is 6.07 Å². The molecule has 0 saturated heterocycles. The normalized spacial score (nSPS) is 22.9. The molecule has 5 nitrogen and oxygen atoms in total. The highest BCUT2D eigenvalue weighted by molar-refractivity contribution is 5.80. The van der Waals surface area contributed by atoms with E-state index in [1.807, 2.05) is 0 Å². The maximum absolute atomic E-state index is 13.3. The van der Waals surface area contributed by atoms with E-state index in [9.17, 15) is 9.18 Å². The number of nitrogens with zero attached hydrogens (tertiary/aromatic N) is 1. The lowest BCUT2D eigenvalue weighted by atomic mass is 9.79. The molecular weight excluding hydrogens is 261 g/mol. The van der Waals surface area contributed by atoms with Crippen molar-refractivity contribution in [3.63, 3.8) is 0 Å². The fourth-order valence-corrected chi connectivity index (χ4v) is 2.97. The van der Waals surface area contributed by atoms with Crippen LogP contribution in [0, 0.1) is 11.7 Å². The predicted octanol–water partition coefficient (Wildman–Crippen LogP) is 2.23. The van der Waals surface area contributed by atoms with Crippen molar-refractivity contribution < 1.29 is 13.7 Å². The van der Waals surface area contributed by atoms with E-state index >= 15 is 0 Å². The van der Waals surface area contributed by atoms with Gasteiger partial charge in [-0.15, -0.1) is 0 Å². The third-order valence-electron chi connectivity index (χ3n) is 4.09. The third kappa shape index (κ3) is 2.27. The standard InChI is InChI=1S/C14H16FN3O2/c15-10-5-6-12-11(7-10)13(18-20-12)8-1-3-9(4-2-8)14(19)17-16/h5-9H,1-4,16H2,(H,17,19). The van der Waals surface area contributed by atoms with Gasteiger partial charge in [0.2, 0.25) is 5.91 Å². The molecule has 0 atom stereocenters. The van der Waals surface area contributed by atoms with Gasteiger partial charge in [0.25, 0.3) is 0 Å². The number of amides is 1. The van der Waals surface area contributed by atoms with Crippen molar-refractivity contribution in [2.24, 2.45) is 11.8 Å². The fourth-order valence-electron chi connectivity index (χ4n) is 2.97. The van der Waals surface area contributed by atoms with Crippen molar-refractivity contribution in [2.45, 2.75) is 31.6 Å². The number of rotatable bonds is 2. The molecule has 6 heteroatoms. The van der Waals surface area contributed by atoms with Crippen molar-refractivity contribution in [1.82, 2.24) is 10.6 Å². The lowest BCUT2D eigenvalue weighted by Crippen LogP contribution is -2.37. The Morgan fingerprint density at radius 3 is 2.80 bits per heavy atom. The average Bonchev–Trinajstić information content (AvgIpc) is 2.89. The van der Waals surface area contributed by atoms with Gasteiger partial charge in [0, 0.05) is 17.2 Å². The second-order valence-electron chi connectivity index (χ2n) is 5.27. The summed E-state index contributed by atoms with van der Waals surface area (Å²) in [6.07, 6.45) is 3.18. The number of fused-ring (bicyclic) bond motifs is 1. The summed E-state index contributed by atoms with van der Waals surface area (Å²) >= 11 is 0. The van der Waals surface area contributed by atoms with Crippen LogP contribution in [0.2, 0.25) is 0 Å². The highest BCUT2D eigenvalue weighted by Crippen LogP contribution is 2.38. The van der Waals surface area contributed by atoms with Crippen LogP contribution in [0.15, 0.2) is 22.7 Å². The first kappa shape index (κ1) is 13.1. The molecule has 1 aliphatic carbocycles. The lowest BCUT2D eigenvalue weighted by molar-refractivity contribution is -0.126. The van der Waals surface area contributed by atoms with Gasteiger partial charge >= 0.3 is 0 Å². The van der Waals surface area contributed by atoms with E-state index in [0.717, 1.165) is 36.8 Å². The molecule has 1 aromatic heterocycles. The molecule has 3 N–H and O–H groups in total. The smallest absolute Gasteiger partial charge is 0.236 e. The van der Waals surface area contributed by atoms with Gasteiger partial charge in [-0.25, -0.2) is 10.2 Å². The van der Waals surface area contributed by atoms with E-state index in [-0.39, 0.29) is 23.6 Å². The minimum atomic E-state index is -0.293. The highest BCUT2D eigenvalue weighted by atomic mass is 19.1. The summed E-state index contributed by atoms with van der Waals surface area (Å²) in [6.45, 7) is 0. The maximum Gasteiger partial charge on any atom is 0.236 e. The van der Waals surface area contributed by atoms with Crippen LogP contribution in [-0.4, -0.2) is 11.1 Å². The van der Waals surface area contributed by atoms with Crippen LogP contribution in [-0.2, 0) is 4.79 Å². The first-order chi connectivity index (χ1) is 9.69. The topological polar surface area (TPSA) is 81.1 Å². The van der Waals surface area contributed by atoms with Crippen LogP contribution in [0.3, 0.4) is 0 Å². The van der Waals surface area contributed by atoms with Crippen LogP contribution in [0.5, 0.6) is 0 Å². The van der Waals surface area contributed by atoms with E-state index in [0.29, 0.717) is 5.58 Å². The van der Waals surface area contributed by atoms with Gasteiger partial charge in [-0.1, -0.05) is 5.16 Å². The van der Waals surface area contributed by atoms with Gasteiger partial charge in [0.1, 0.15) is 5.82 Å². The summed E-state index contributed by atoms with van der Waals surface area (Å²) in [5, 5.41) is 4.82. The molecule has 1 aromatic carbocycles. The summed E-state index contributed by atoms with van der Waals surface area (Å²) in [4.78, 5) is 11.5. The van der Waals surface area contributed by atoms with Gasteiger partial charge in [-0.05, 0) is 43.9 Å². The van der Waals surface area contributed by atoms with E-state index in [4.69, 9.17) is 10.4 Å². The number of halogens is 1. The number of nitrogens with one attached hydrogen (secondary N) is 1. The molecule has 1 fully saturated rings. The van der Waals surface area contributed by atoms with Crippen molar-refractivity contribution in [3.05, 3.63) is 29.7 Å². The fraction of sp³-hybridized carbons (Fsp3) is 0.429. The molecule has 0 spiro atoms. The Labute approximate surface area is 115 Å². The SMILES string of the molecule is NNC(=O)C1CCC(c2noc3ccc(F)cc23)CC1. The average molecular weight is 277 g/mol. The van der Waals surface area contributed by atoms with Gasteiger partial charge < -0.3 is 4.52 Å². The second-order valence-corrected chi connectivity index (χ2v) is 5.27. The van der Waals surface area contributed by atoms with Crippen LogP contribution in [0.1, 0.15) is 37.3 Å². The Kier molecular flexibility index (Phi) is 3.40. The number of carbonyl (C=O) groups is 1. The monoisotopic (exact) mass is 277 g/mol. The van der Waals surface area contributed by atoms with Crippen LogP contribution in [0.4, 0.5) is 4.39 Å². The summed E-state index contributed by atoms with van der Waals surface area (Å²) < 4.78 is 18.6. The zero-order chi connectivity index (χ0) is 14.1. The van der Waals surface area contributed by atoms with Crippen molar-refractivity contribution in [2.75, 3.05) is 0 Å². The molecule has 3 rings (SSSR count). The summed E-state index contributed by atoms with van der Waals surface area (Å²) in [6, 6.07) is 4.41. The summed E-state index contributed by atoms with van der Waals surface area (Å²) in [7, 11) is 0.